The molecule has 0 saturated heterocycles. The molecule has 0 radical (unpaired) electrons. The Kier molecular flexibility index (Phi) is 3.75. The van der Waals surface area contributed by atoms with Crippen molar-refractivity contribution in [1.82, 2.24) is 0 Å². The molecule has 0 aromatic carbocycles. The van der Waals surface area contributed by atoms with Gasteiger partial charge >= 0.3 is 0 Å². The van der Waals surface area contributed by atoms with Crippen LogP contribution >= 0.6 is 0 Å². The maximum absolute atomic E-state index is 8.78. The molecular formula is C12H21NO2. The molecule has 1 atom stereocenters. The topological polar surface area (TPSA) is 42.2 Å². The molecule has 1 fully saturated rings. The van der Waals surface area contributed by atoms with Gasteiger partial charge in [0.05, 0.1) is 6.07 Å². The largest absolute Gasteiger partial charge is 0.349 e. The fourth-order valence-corrected chi connectivity index (χ4v) is 2.73. The van der Waals surface area contributed by atoms with E-state index in [-0.39, 0.29) is 11.3 Å². The van der Waals surface area contributed by atoms with Crippen LogP contribution in [0.25, 0.3) is 0 Å². The molecule has 15 heavy (non-hydrogen) atoms. The summed E-state index contributed by atoms with van der Waals surface area (Å²) < 4.78 is 11.6. The number of nitriles is 1. The molecule has 0 aromatic heterocycles. The first-order valence-corrected chi connectivity index (χ1v) is 5.69. The van der Waals surface area contributed by atoms with Gasteiger partial charge in [-0.05, 0) is 20.3 Å². The standard InChI is InChI=1S/C12H21NO2/c1-5-14-12(15-6-2)10(7-8-13)9-11(12,3)4/h10H,5-7,9H2,1-4H3/t10-/m0/s1. The highest BCUT2D eigenvalue weighted by Gasteiger charge is 2.62. The number of ether oxygens (including phenoxy) is 2. The zero-order chi connectivity index (χ0) is 11.5. The molecule has 1 saturated carbocycles. The third-order valence-electron chi connectivity index (χ3n) is 3.29. The average Bonchev–Trinajstić information content (AvgIpc) is 2.17. The molecule has 0 heterocycles. The van der Waals surface area contributed by atoms with Crippen LogP contribution in [-0.4, -0.2) is 19.0 Å². The van der Waals surface area contributed by atoms with Gasteiger partial charge in [-0.25, -0.2) is 0 Å². The zero-order valence-electron chi connectivity index (χ0n) is 10.2. The van der Waals surface area contributed by atoms with Crippen molar-refractivity contribution in [2.75, 3.05) is 13.2 Å². The van der Waals surface area contributed by atoms with Crippen LogP contribution < -0.4 is 0 Å². The van der Waals surface area contributed by atoms with Crippen LogP contribution in [-0.2, 0) is 9.47 Å². The Morgan fingerprint density at radius 1 is 1.27 bits per heavy atom. The van der Waals surface area contributed by atoms with Crippen molar-refractivity contribution in [3.05, 3.63) is 0 Å². The Hall–Kier alpha value is -0.590. The second-order valence-corrected chi connectivity index (χ2v) is 4.68. The molecule has 0 spiro atoms. The van der Waals surface area contributed by atoms with E-state index in [1.54, 1.807) is 0 Å². The molecule has 3 nitrogen and oxygen atoms in total. The van der Waals surface area contributed by atoms with E-state index in [1.807, 2.05) is 13.8 Å². The molecular weight excluding hydrogens is 190 g/mol. The summed E-state index contributed by atoms with van der Waals surface area (Å²) in [6.45, 7) is 9.49. The summed E-state index contributed by atoms with van der Waals surface area (Å²) in [5.41, 5.74) is 0.0144. The van der Waals surface area contributed by atoms with E-state index in [2.05, 4.69) is 19.9 Å². The minimum absolute atomic E-state index is 0.0144. The Morgan fingerprint density at radius 3 is 2.13 bits per heavy atom. The van der Waals surface area contributed by atoms with Crippen molar-refractivity contribution in [3.63, 3.8) is 0 Å². The smallest absolute Gasteiger partial charge is 0.177 e. The fourth-order valence-electron chi connectivity index (χ4n) is 2.73. The summed E-state index contributed by atoms with van der Waals surface area (Å²) in [5.74, 6) is -0.316. The first-order chi connectivity index (χ1) is 7.04. The van der Waals surface area contributed by atoms with Gasteiger partial charge in [0.2, 0.25) is 0 Å². The maximum atomic E-state index is 8.78. The quantitative estimate of drug-likeness (QED) is 0.657. The van der Waals surface area contributed by atoms with Gasteiger partial charge in [0.15, 0.2) is 5.79 Å². The highest BCUT2D eigenvalue weighted by atomic mass is 16.7. The van der Waals surface area contributed by atoms with Gasteiger partial charge in [0.1, 0.15) is 0 Å². The lowest BCUT2D eigenvalue weighted by Gasteiger charge is -2.59. The van der Waals surface area contributed by atoms with Gasteiger partial charge in [-0.15, -0.1) is 0 Å². The van der Waals surface area contributed by atoms with Gasteiger partial charge < -0.3 is 9.47 Å². The highest BCUT2D eigenvalue weighted by molar-refractivity contribution is 5.07. The Balaban J connectivity index is 2.83. The molecule has 0 aromatic rings. The lowest BCUT2D eigenvalue weighted by molar-refractivity contribution is -0.371. The minimum Gasteiger partial charge on any atom is -0.349 e. The number of hydrogen-bond acceptors (Lipinski definition) is 3. The maximum Gasteiger partial charge on any atom is 0.177 e. The van der Waals surface area contributed by atoms with Gasteiger partial charge in [-0.1, -0.05) is 13.8 Å². The third kappa shape index (κ3) is 1.89. The van der Waals surface area contributed by atoms with Gasteiger partial charge in [-0.2, -0.15) is 5.26 Å². The van der Waals surface area contributed by atoms with E-state index in [0.29, 0.717) is 19.6 Å². The second-order valence-electron chi connectivity index (χ2n) is 4.68. The lowest BCUT2D eigenvalue weighted by atomic mass is 9.57. The van der Waals surface area contributed by atoms with Crippen molar-refractivity contribution in [2.45, 2.75) is 46.3 Å². The molecule has 0 bridgehead atoms. The number of nitrogens with zero attached hydrogens (tertiary/aromatic N) is 1. The molecule has 1 aliphatic carbocycles. The predicted molar refractivity (Wildman–Crippen MR) is 58.1 cm³/mol. The molecule has 0 amide bonds. The Labute approximate surface area is 92.4 Å². The van der Waals surface area contributed by atoms with Crippen LogP contribution in [0.5, 0.6) is 0 Å². The summed E-state index contributed by atoms with van der Waals surface area (Å²) in [7, 11) is 0. The van der Waals surface area contributed by atoms with Crippen molar-refractivity contribution in [2.24, 2.45) is 11.3 Å². The zero-order valence-corrected chi connectivity index (χ0v) is 10.2. The second kappa shape index (κ2) is 4.51. The van der Waals surface area contributed by atoms with Gasteiger partial charge in [0, 0.05) is 31.0 Å². The van der Waals surface area contributed by atoms with Gasteiger partial charge in [-0.3, -0.25) is 0 Å². The highest BCUT2D eigenvalue weighted by Crippen LogP contribution is 2.58. The van der Waals surface area contributed by atoms with E-state index in [9.17, 15) is 0 Å². The first kappa shape index (κ1) is 12.5. The average molecular weight is 211 g/mol. The normalized spacial score (nSPS) is 26.7. The van der Waals surface area contributed by atoms with Crippen LogP contribution in [0.15, 0.2) is 0 Å². The van der Waals surface area contributed by atoms with Crippen molar-refractivity contribution in [1.29, 1.82) is 5.26 Å². The fraction of sp³-hybridized carbons (Fsp3) is 0.917. The van der Waals surface area contributed by atoms with Crippen LogP contribution in [0.2, 0.25) is 0 Å². The van der Waals surface area contributed by atoms with Crippen LogP contribution in [0, 0.1) is 22.7 Å². The number of hydrogen-bond donors (Lipinski definition) is 0. The Bertz CT molecular complexity index is 249. The van der Waals surface area contributed by atoms with Crippen molar-refractivity contribution in [3.8, 4) is 6.07 Å². The predicted octanol–water partition coefficient (Wildman–Crippen LogP) is 2.72. The van der Waals surface area contributed by atoms with Crippen molar-refractivity contribution >= 4 is 0 Å². The SMILES string of the molecule is CCOC1(OCC)[C@@H](CC#N)CC1(C)C. The molecule has 86 valence electrons. The van der Waals surface area contributed by atoms with E-state index in [4.69, 9.17) is 14.7 Å². The Morgan fingerprint density at radius 2 is 1.80 bits per heavy atom. The molecule has 0 unspecified atom stereocenters. The van der Waals surface area contributed by atoms with Crippen LogP contribution in [0.1, 0.15) is 40.5 Å². The third-order valence-corrected chi connectivity index (χ3v) is 3.29. The molecule has 3 heteroatoms. The first-order valence-electron chi connectivity index (χ1n) is 5.69. The summed E-state index contributed by atoms with van der Waals surface area (Å²) in [6, 6.07) is 2.22. The molecule has 1 rings (SSSR count). The number of rotatable bonds is 5. The van der Waals surface area contributed by atoms with E-state index >= 15 is 0 Å². The summed E-state index contributed by atoms with van der Waals surface area (Å²) in [4.78, 5) is 0. The monoisotopic (exact) mass is 211 g/mol. The summed E-state index contributed by atoms with van der Waals surface area (Å²) in [5, 5.41) is 8.78. The lowest BCUT2D eigenvalue weighted by Crippen LogP contribution is -2.64. The molecule has 0 aliphatic heterocycles. The van der Waals surface area contributed by atoms with E-state index in [0.717, 1.165) is 6.42 Å². The van der Waals surface area contributed by atoms with Gasteiger partial charge in [0.25, 0.3) is 0 Å². The minimum atomic E-state index is -0.535. The summed E-state index contributed by atoms with van der Waals surface area (Å²) >= 11 is 0. The summed E-state index contributed by atoms with van der Waals surface area (Å²) in [6.07, 6.45) is 1.52. The van der Waals surface area contributed by atoms with Crippen molar-refractivity contribution < 1.29 is 9.47 Å². The van der Waals surface area contributed by atoms with Crippen LogP contribution in [0.3, 0.4) is 0 Å². The van der Waals surface area contributed by atoms with Crippen LogP contribution in [0.4, 0.5) is 0 Å². The molecule has 1 aliphatic rings. The molecule has 0 N–H and O–H groups in total. The van der Waals surface area contributed by atoms with E-state index in [1.165, 1.54) is 0 Å². The van der Waals surface area contributed by atoms with E-state index < -0.39 is 5.79 Å².